The number of nitrogens with zero attached hydrogens (tertiary/aromatic N) is 3. The van der Waals surface area contributed by atoms with Gasteiger partial charge < -0.3 is 10.1 Å². The van der Waals surface area contributed by atoms with Crippen molar-refractivity contribution in [2.45, 2.75) is 13.5 Å². The first-order chi connectivity index (χ1) is 7.26. The number of nitrogens with one attached hydrogen (secondary N) is 1. The molecule has 0 amide bonds. The van der Waals surface area contributed by atoms with E-state index in [1.165, 1.54) is 0 Å². The molecule has 0 aromatic carbocycles. The van der Waals surface area contributed by atoms with Crippen LogP contribution in [0.4, 0.5) is 0 Å². The van der Waals surface area contributed by atoms with E-state index in [4.69, 9.17) is 4.74 Å². The van der Waals surface area contributed by atoms with E-state index in [1.807, 2.05) is 24.6 Å². The Hall–Kier alpha value is -1.62. The summed E-state index contributed by atoms with van der Waals surface area (Å²) in [6, 6.07) is 0. The number of fused-ring (bicyclic) bond motifs is 1. The summed E-state index contributed by atoms with van der Waals surface area (Å²) >= 11 is 0. The number of methoxy groups -OCH3 is 1. The molecule has 0 radical (unpaired) electrons. The van der Waals surface area contributed by atoms with E-state index in [9.17, 15) is 0 Å². The van der Waals surface area contributed by atoms with Gasteiger partial charge in [0, 0.05) is 6.54 Å². The standard InChI is InChI=1S/C10H14N4O/c1-7-8(4-11-2)14-6-10(15-3)12-5-9(14)13-7/h5-6,11H,4H2,1-3H3. The highest BCUT2D eigenvalue weighted by atomic mass is 16.5. The monoisotopic (exact) mass is 206 g/mol. The third kappa shape index (κ3) is 1.66. The van der Waals surface area contributed by atoms with E-state index in [1.54, 1.807) is 13.3 Å². The Morgan fingerprint density at radius 1 is 1.53 bits per heavy atom. The minimum atomic E-state index is 0.595. The summed E-state index contributed by atoms with van der Waals surface area (Å²) in [4.78, 5) is 8.53. The largest absolute Gasteiger partial charge is 0.480 e. The fourth-order valence-corrected chi connectivity index (χ4v) is 1.59. The van der Waals surface area contributed by atoms with Crippen LogP contribution in [0.5, 0.6) is 5.88 Å². The normalized spacial score (nSPS) is 10.9. The maximum Gasteiger partial charge on any atom is 0.230 e. The summed E-state index contributed by atoms with van der Waals surface area (Å²) < 4.78 is 7.08. The highest BCUT2D eigenvalue weighted by Gasteiger charge is 2.08. The lowest BCUT2D eigenvalue weighted by Crippen LogP contribution is -2.09. The average molecular weight is 206 g/mol. The van der Waals surface area contributed by atoms with Crippen molar-refractivity contribution >= 4 is 5.65 Å². The number of aryl methyl sites for hydroxylation is 1. The number of aromatic nitrogens is 3. The summed E-state index contributed by atoms with van der Waals surface area (Å²) in [5.41, 5.74) is 2.99. The minimum Gasteiger partial charge on any atom is -0.480 e. The Kier molecular flexibility index (Phi) is 2.55. The van der Waals surface area contributed by atoms with E-state index in [0.717, 1.165) is 23.6 Å². The van der Waals surface area contributed by atoms with Crippen LogP contribution in [-0.4, -0.2) is 28.5 Å². The summed E-state index contributed by atoms with van der Waals surface area (Å²) in [6.45, 7) is 2.77. The van der Waals surface area contributed by atoms with Crippen LogP contribution in [-0.2, 0) is 6.54 Å². The Morgan fingerprint density at radius 3 is 3.00 bits per heavy atom. The summed E-state index contributed by atoms with van der Waals surface area (Å²) in [5, 5.41) is 3.12. The molecule has 2 aromatic heterocycles. The highest BCUT2D eigenvalue weighted by Crippen LogP contribution is 2.14. The molecule has 2 aromatic rings. The first-order valence-electron chi connectivity index (χ1n) is 4.78. The lowest BCUT2D eigenvalue weighted by molar-refractivity contribution is 0.395. The van der Waals surface area contributed by atoms with Crippen LogP contribution >= 0.6 is 0 Å². The van der Waals surface area contributed by atoms with Gasteiger partial charge in [0.1, 0.15) is 0 Å². The third-order valence-electron chi connectivity index (χ3n) is 2.34. The minimum absolute atomic E-state index is 0.595. The van der Waals surface area contributed by atoms with E-state index in [-0.39, 0.29) is 0 Å². The number of rotatable bonds is 3. The van der Waals surface area contributed by atoms with Crippen molar-refractivity contribution in [3.05, 3.63) is 23.8 Å². The van der Waals surface area contributed by atoms with Crippen molar-refractivity contribution in [2.75, 3.05) is 14.2 Å². The van der Waals surface area contributed by atoms with E-state index in [0.29, 0.717) is 5.88 Å². The van der Waals surface area contributed by atoms with Crippen LogP contribution in [0, 0.1) is 6.92 Å². The van der Waals surface area contributed by atoms with E-state index >= 15 is 0 Å². The second kappa shape index (κ2) is 3.86. The predicted octanol–water partition coefficient (Wildman–Crippen LogP) is 0.766. The zero-order valence-corrected chi connectivity index (χ0v) is 9.11. The van der Waals surface area contributed by atoms with Crippen LogP contribution in [0.15, 0.2) is 12.4 Å². The maximum atomic E-state index is 5.08. The first-order valence-corrected chi connectivity index (χ1v) is 4.78. The smallest absolute Gasteiger partial charge is 0.230 e. The SMILES string of the molecule is CNCc1c(C)nc2cnc(OC)cn12. The second-order valence-electron chi connectivity index (χ2n) is 3.33. The molecule has 0 unspecified atom stereocenters. The van der Waals surface area contributed by atoms with Crippen molar-refractivity contribution in [3.63, 3.8) is 0 Å². The predicted molar refractivity (Wildman–Crippen MR) is 57.0 cm³/mol. The zero-order valence-electron chi connectivity index (χ0n) is 9.11. The van der Waals surface area contributed by atoms with E-state index < -0.39 is 0 Å². The van der Waals surface area contributed by atoms with Crippen molar-refractivity contribution in [1.82, 2.24) is 19.7 Å². The molecule has 0 aliphatic rings. The molecule has 80 valence electrons. The van der Waals surface area contributed by atoms with Gasteiger partial charge in [-0.15, -0.1) is 0 Å². The fourth-order valence-electron chi connectivity index (χ4n) is 1.59. The van der Waals surface area contributed by atoms with Crippen molar-refractivity contribution in [3.8, 4) is 5.88 Å². The van der Waals surface area contributed by atoms with Gasteiger partial charge in [-0.1, -0.05) is 0 Å². The molecule has 0 bridgehead atoms. The van der Waals surface area contributed by atoms with Crippen molar-refractivity contribution in [2.24, 2.45) is 0 Å². The highest BCUT2D eigenvalue weighted by molar-refractivity contribution is 5.42. The number of hydrogen-bond acceptors (Lipinski definition) is 4. The molecular formula is C10H14N4O. The Balaban J connectivity index is 2.61. The van der Waals surface area contributed by atoms with Crippen molar-refractivity contribution < 1.29 is 4.74 Å². The first kappa shape index (κ1) is 9.92. The third-order valence-corrected chi connectivity index (χ3v) is 2.34. The molecule has 0 fully saturated rings. The molecular weight excluding hydrogens is 192 g/mol. The lowest BCUT2D eigenvalue weighted by atomic mass is 10.3. The van der Waals surface area contributed by atoms with Crippen LogP contribution in [0.25, 0.3) is 5.65 Å². The van der Waals surface area contributed by atoms with Crippen LogP contribution in [0.1, 0.15) is 11.4 Å². The molecule has 5 heteroatoms. The van der Waals surface area contributed by atoms with Gasteiger partial charge in [0.05, 0.1) is 30.9 Å². The summed E-state index contributed by atoms with van der Waals surface area (Å²) in [6.07, 6.45) is 3.56. The van der Waals surface area contributed by atoms with Gasteiger partial charge in [0.25, 0.3) is 0 Å². The Labute approximate surface area is 88.1 Å². The molecule has 5 nitrogen and oxygen atoms in total. The maximum absolute atomic E-state index is 5.08. The molecule has 0 spiro atoms. The van der Waals surface area contributed by atoms with Crippen LogP contribution in [0.2, 0.25) is 0 Å². The molecule has 0 aliphatic carbocycles. The van der Waals surface area contributed by atoms with Gasteiger partial charge in [0.15, 0.2) is 5.65 Å². The number of ether oxygens (including phenoxy) is 1. The molecule has 0 atom stereocenters. The quantitative estimate of drug-likeness (QED) is 0.805. The number of hydrogen-bond donors (Lipinski definition) is 1. The molecule has 0 aliphatic heterocycles. The van der Waals surface area contributed by atoms with Gasteiger partial charge in [-0.25, -0.2) is 9.97 Å². The van der Waals surface area contributed by atoms with Crippen LogP contribution < -0.4 is 10.1 Å². The topological polar surface area (TPSA) is 51.5 Å². The summed E-state index contributed by atoms with van der Waals surface area (Å²) in [5.74, 6) is 0.595. The molecule has 15 heavy (non-hydrogen) atoms. The Morgan fingerprint density at radius 2 is 2.33 bits per heavy atom. The van der Waals surface area contributed by atoms with E-state index in [2.05, 4.69) is 15.3 Å². The van der Waals surface area contributed by atoms with Crippen molar-refractivity contribution in [1.29, 1.82) is 0 Å². The molecule has 0 saturated carbocycles. The summed E-state index contributed by atoms with van der Waals surface area (Å²) in [7, 11) is 3.52. The fraction of sp³-hybridized carbons (Fsp3) is 0.400. The van der Waals surface area contributed by atoms with Gasteiger partial charge in [-0.05, 0) is 14.0 Å². The average Bonchev–Trinajstić information content (AvgIpc) is 2.55. The molecule has 2 rings (SSSR count). The Bertz CT molecular complexity index is 477. The van der Waals surface area contributed by atoms with Gasteiger partial charge in [0.2, 0.25) is 5.88 Å². The van der Waals surface area contributed by atoms with Gasteiger partial charge >= 0.3 is 0 Å². The molecule has 0 saturated heterocycles. The molecule has 2 heterocycles. The van der Waals surface area contributed by atoms with Gasteiger partial charge in [-0.3, -0.25) is 4.40 Å². The zero-order chi connectivity index (χ0) is 10.8. The number of imidazole rings is 1. The van der Waals surface area contributed by atoms with Crippen LogP contribution in [0.3, 0.4) is 0 Å². The second-order valence-corrected chi connectivity index (χ2v) is 3.33. The van der Waals surface area contributed by atoms with Gasteiger partial charge in [-0.2, -0.15) is 0 Å². The lowest BCUT2D eigenvalue weighted by Gasteiger charge is -2.03. The molecule has 1 N–H and O–H groups in total.